The Kier molecular flexibility index (Phi) is 4.38. The van der Waals surface area contributed by atoms with Gasteiger partial charge in [0.05, 0.1) is 5.39 Å². The lowest BCUT2D eigenvalue weighted by molar-refractivity contribution is -0.152. The first-order valence-electron chi connectivity index (χ1n) is 7.68. The van der Waals surface area contributed by atoms with E-state index in [1.807, 2.05) is 0 Å². The number of ether oxygens (including phenoxy) is 2. The van der Waals surface area contributed by atoms with Crippen LogP contribution >= 0.6 is 0 Å². The van der Waals surface area contributed by atoms with Crippen molar-refractivity contribution in [1.82, 2.24) is 0 Å². The Morgan fingerprint density at radius 2 is 1.77 bits per heavy atom. The first-order chi connectivity index (χ1) is 12.3. The number of halogens is 1. The van der Waals surface area contributed by atoms with Crippen LogP contribution in [0.25, 0.3) is 11.0 Å². The van der Waals surface area contributed by atoms with Gasteiger partial charge in [-0.2, -0.15) is 0 Å². The lowest BCUT2D eigenvalue weighted by atomic mass is 10.1. The molecule has 0 bridgehead atoms. The summed E-state index contributed by atoms with van der Waals surface area (Å²) in [7, 11) is 0. The molecule has 0 aliphatic rings. The Morgan fingerprint density at radius 1 is 1.12 bits per heavy atom. The van der Waals surface area contributed by atoms with E-state index in [-0.39, 0.29) is 22.5 Å². The largest absolute Gasteiger partial charge is 0.478 e. The molecule has 1 N–H and O–H groups in total. The molecule has 0 radical (unpaired) electrons. The summed E-state index contributed by atoms with van der Waals surface area (Å²) in [5, 5.41) is 9.36. The third kappa shape index (κ3) is 3.51. The van der Waals surface area contributed by atoms with Crippen LogP contribution in [0.15, 0.2) is 57.9 Å². The molecule has 1 heterocycles. The molecule has 0 amide bonds. The van der Waals surface area contributed by atoms with Crippen molar-refractivity contribution in [2.75, 3.05) is 0 Å². The lowest BCUT2D eigenvalue weighted by Gasteiger charge is -2.21. The highest BCUT2D eigenvalue weighted by molar-refractivity contribution is 5.80. The Morgan fingerprint density at radius 3 is 2.42 bits per heavy atom. The summed E-state index contributed by atoms with van der Waals surface area (Å²) in [5.41, 5.74) is -1.63. The standard InChI is InChI=1S/C19H15FO6/c1-19(2,18(22)23)26-13-7-8-14-15(9-13)24-10-16(17(14)21)25-12-5-3-11(20)4-6-12/h3-10H,1-2H3,(H,22,23). The van der Waals surface area contributed by atoms with Gasteiger partial charge in [-0.05, 0) is 50.2 Å². The van der Waals surface area contributed by atoms with Crippen LogP contribution in [0.2, 0.25) is 0 Å². The fraction of sp³-hybridized carbons (Fsp3) is 0.158. The molecule has 0 saturated carbocycles. The molecule has 0 aliphatic heterocycles. The number of hydrogen-bond acceptors (Lipinski definition) is 5. The fourth-order valence-corrected chi connectivity index (χ4v) is 2.19. The normalized spacial score (nSPS) is 11.3. The summed E-state index contributed by atoms with van der Waals surface area (Å²) >= 11 is 0. The topological polar surface area (TPSA) is 86.0 Å². The van der Waals surface area contributed by atoms with Gasteiger partial charge in [0.1, 0.15) is 29.2 Å². The molecule has 1 aromatic heterocycles. The van der Waals surface area contributed by atoms with Gasteiger partial charge in [0.25, 0.3) is 0 Å². The highest BCUT2D eigenvalue weighted by Gasteiger charge is 2.29. The maximum absolute atomic E-state index is 12.9. The minimum Gasteiger partial charge on any atom is -0.478 e. The SMILES string of the molecule is CC(C)(Oc1ccc2c(=O)c(Oc3ccc(F)cc3)coc2c1)C(=O)O. The molecule has 3 rings (SSSR count). The van der Waals surface area contributed by atoms with Crippen LogP contribution in [0.4, 0.5) is 4.39 Å². The van der Waals surface area contributed by atoms with Crippen LogP contribution in [0.5, 0.6) is 17.2 Å². The molecule has 2 aromatic carbocycles. The van der Waals surface area contributed by atoms with Gasteiger partial charge in [0.2, 0.25) is 11.2 Å². The summed E-state index contributed by atoms with van der Waals surface area (Å²) in [6.07, 6.45) is 1.14. The summed E-state index contributed by atoms with van der Waals surface area (Å²) in [5.74, 6) is -1.05. The van der Waals surface area contributed by atoms with Gasteiger partial charge in [-0.25, -0.2) is 9.18 Å². The highest BCUT2D eigenvalue weighted by Crippen LogP contribution is 2.26. The van der Waals surface area contributed by atoms with E-state index >= 15 is 0 Å². The van der Waals surface area contributed by atoms with E-state index in [4.69, 9.17) is 19.0 Å². The number of rotatable bonds is 5. The van der Waals surface area contributed by atoms with Crippen molar-refractivity contribution < 1.29 is 28.2 Å². The molecule has 6 nitrogen and oxygen atoms in total. The third-order valence-electron chi connectivity index (χ3n) is 3.64. The first-order valence-corrected chi connectivity index (χ1v) is 7.68. The van der Waals surface area contributed by atoms with Crippen LogP contribution in [-0.4, -0.2) is 16.7 Å². The summed E-state index contributed by atoms with van der Waals surface area (Å²) in [4.78, 5) is 23.7. The van der Waals surface area contributed by atoms with Gasteiger partial charge in [-0.1, -0.05) is 0 Å². The minimum atomic E-state index is -1.43. The molecule has 26 heavy (non-hydrogen) atoms. The van der Waals surface area contributed by atoms with Crippen LogP contribution < -0.4 is 14.9 Å². The average Bonchev–Trinajstić information content (AvgIpc) is 2.59. The highest BCUT2D eigenvalue weighted by atomic mass is 19.1. The van der Waals surface area contributed by atoms with Crippen LogP contribution in [0.1, 0.15) is 13.8 Å². The minimum absolute atomic E-state index is 0.0522. The van der Waals surface area contributed by atoms with Gasteiger partial charge >= 0.3 is 5.97 Å². The van der Waals surface area contributed by atoms with Gasteiger partial charge in [-0.15, -0.1) is 0 Å². The second-order valence-electron chi connectivity index (χ2n) is 6.06. The molecule has 0 aliphatic carbocycles. The number of aliphatic carboxylic acids is 1. The number of carboxylic acids is 1. The van der Waals surface area contributed by atoms with Crippen LogP contribution in [-0.2, 0) is 4.79 Å². The van der Waals surface area contributed by atoms with Gasteiger partial charge < -0.3 is 19.0 Å². The van der Waals surface area contributed by atoms with Crippen molar-refractivity contribution in [2.45, 2.75) is 19.4 Å². The van der Waals surface area contributed by atoms with E-state index in [1.54, 1.807) is 0 Å². The average molecular weight is 358 g/mol. The number of hydrogen-bond donors (Lipinski definition) is 1. The van der Waals surface area contributed by atoms with E-state index in [2.05, 4.69) is 0 Å². The molecule has 0 atom stereocenters. The maximum Gasteiger partial charge on any atom is 0.347 e. The Balaban J connectivity index is 1.92. The predicted molar refractivity (Wildman–Crippen MR) is 91.3 cm³/mol. The Hall–Kier alpha value is -3.35. The zero-order chi connectivity index (χ0) is 18.9. The van der Waals surface area contributed by atoms with E-state index < -0.39 is 22.8 Å². The summed E-state index contributed by atoms with van der Waals surface area (Å²) in [6, 6.07) is 9.59. The van der Waals surface area contributed by atoms with Crippen molar-refractivity contribution in [3.8, 4) is 17.2 Å². The van der Waals surface area contributed by atoms with Gasteiger partial charge in [-0.3, -0.25) is 4.79 Å². The second kappa shape index (κ2) is 6.51. The fourth-order valence-electron chi connectivity index (χ4n) is 2.19. The number of carbonyl (C=O) groups is 1. The molecule has 3 aromatic rings. The third-order valence-corrected chi connectivity index (χ3v) is 3.64. The first kappa shape index (κ1) is 17.5. The maximum atomic E-state index is 12.9. The number of carboxylic acid groups (broad SMARTS) is 1. The molecule has 0 spiro atoms. The van der Waals surface area contributed by atoms with Gasteiger partial charge in [0.15, 0.2) is 5.60 Å². The van der Waals surface area contributed by atoms with E-state index in [0.717, 1.165) is 6.26 Å². The van der Waals surface area contributed by atoms with Crippen molar-refractivity contribution in [3.63, 3.8) is 0 Å². The zero-order valence-corrected chi connectivity index (χ0v) is 14.0. The zero-order valence-electron chi connectivity index (χ0n) is 14.0. The molecule has 7 heteroatoms. The monoisotopic (exact) mass is 358 g/mol. The molecule has 0 saturated heterocycles. The Bertz CT molecular complexity index is 1020. The van der Waals surface area contributed by atoms with Crippen molar-refractivity contribution in [2.24, 2.45) is 0 Å². The van der Waals surface area contributed by atoms with Crippen molar-refractivity contribution in [1.29, 1.82) is 0 Å². The van der Waals surface area contributed by atoms with E-state index in [9.17, 15) is 14.0 Å². The summed E-state index contributed by atoms with van der Waals surface area (Å²) < 4.78 is 29.2. The Labute approximate surface area is 147 Å². The quantitative estimate of drug-likeness (QED) is 0.743. The molecule has 0 unspecified atom stereocenters. The van der Waals surface area contributed by atoms with Crippen molar-refractivity contribution >= 4 is 16.9 Å². The van der Waals surface area contributed by atoms with E-state index in [1.165, 1.54) is 56.3 Å². The molecule has 134 valence electrons. The van der Waals surface area contributed by atoms with Crippen LogP contribution in [0, 0.1) is 5.82 Å². The number of benzene rings is 2. The van der Waals surface area contributed by atoms with Crippen molar-refractivity contribution in [3.05, 3.63) is 64.8 Å². The lowest BCUT2D eigenvalue weighted by Crippen LogP contribution is -2.37. The smallest absolute Gasteiger partial charge is 0.347 e. The number of fused-ring (bicyclic) bond motifs is 1. The molecular weight excluding hydrogens is 343 g/mol. The predicted octanol–water partition coefficient (Wildman–Crippen LogP) is 3.97. The second-order valence-corrected chi connectivity index (χ2v) is 6.06. The molecule has 0 fully saturated rings. The van der Waals surface area contributed by atoms with Crippen LogP contribution in [0.3, 0.4) is 0 Å². The van der Waals surface area contributed by atoms with E-state index in [0.29, 0.717) is 5.75 Å². The summed E-state index contributed by atoms with van der Waals surface area (Å²) in [6.45, 7) is 2.82. The molecular formula is C19H15FO6. The van der Waals surface area contributed by atoms with Gasteiger partial charge in [0, 0.05) is 6.07 Å².